The summed E-state index contributed by atoms with van der Waals surface area (Å²) in [6.45, 7) is 2.63. The van der Waals surface area contributed by atoms with E-state index in [2.05, 4.69) is 37.0 Å². The number of pyridine rings is 1. The van der Waals surface area contributed by atoms with E-state index in [0.717, 1.165) is 74.8 Å². The zero-order chi connectivity index (χ0) is 33.8. The third kappa shape index (κ3) is 7.18. The Bertz CT molecular complexity index is 1820. The number of piperidine rings is 1. The van der Waals surface area contributed by atoms with Crippen LogP contribution in [0, 0.1) is 16.7 Å². The van der Waals surface area contributed by atoms with Gasteiger partial charge in [-0.05, 0) is 61.6 Å². The van der Waals surface area contributed by atoms with Gasteiger partial charge in [-0.15, -0.1) is 0 Å². The summed E-state index contributed by atoms with van der Waals surface area (Å²) >= 11 is 0. The summed E-state index contributed by atoms with van der Waals surface area (Å²) in [5, 5.41) is 23.7. The number of amides is 3. The monoisotopic (exact) mass is 659 g/mol. The van der Waals surface area contributed by atoms with Crippen LogP contribution < -0.4 is 25.8 Å². The minimum atomic E-state index is -0.178. The van der Waals surface area contributed by atoms with E-state index >= 15 is 0 Å². The molecule has 13 nitrogen and oxygen atoms in total. The van der Waals surface area contributed by atoms with Crippen LogP contribution in [-0.2, 0) is 18.4 Å². The van der Waals surface area contributed by atoms with Crippen molar-refractivity contribution in [3.8, 4) is 17.2 Å². The van der Waals surface area contributed by atoms with Crippen molar-refractivity contribution in [3.05, 3.63) is 78.4 Å². The molecule has 1 aromatic carbocycles. The Hall–Kier alpha value is -5.51. The van der Waals surface area contributed by atoms with E-state index < -0.39 is 0 Å². The molecule has 3 fully saturated rings. The predicted octanol–water partition coefficient (Wildman–Crippen LogP) is 4.39. The molecule has 13 heteroatoms. The lowest BCUT2D eigenvalue weighted by Gasteiger charge is -2.39. The lowest BCUT2D eigenvalue weighted by Crippen LogP contribution is -2.49. The Morgan fingerprint density at radius 3 is 2.49 bits per heavy atom. The van der Waals surface area contributed by atoms with Crippen molar-refractivity contribution in [1.29, 1.82) is 5.26 Å². The number of carbonyl (C=O) groups is 2. The molecule has 7 rings (SSSR count). The minimum Gasteiger partial charge on any atom is -0.356 e. The van der Waals surface area contributed by atoms with Crippen LogP contribution in [0.15, 0.2) is 67.3 Å². The lowest BCUT2D eigenvalue weighted by atomic mass is 9.77. The molecule has 3 aliphatic rings. The Kier molecular flexibility index (Phi) is 9.11. The molecule has 2 aliphatic heterocycles. The number of aryl methyl sites for hydroxylation is 1. The molecule has 49 heavy (non-hydrogen) atoms. The largest absolute Gasteiger partial charge is 0.356 e. The van der Waals surface area contributed by atoms with Crippen molar-refractivity contribution in [2.24, 2.45) is 12.5 Å². The first kappa shape index (κ1) is 32.1. The van der Waals surface area contributed by atoms with Crippen molar-refractivity contribution >= 4 is 29.5 Å². The van der Waals surface area contributed by atoms with Crippen LogP contribution in [0.1, 0.15) is 56.1 Å². The van der Waals surface area contributed by atoms with Crippen LogP contribution in [-0.4, -0.2) is 68.4 Å². The van der Waals surface area contributed by atoms with Crippen LogP contribution >= 0.6 is 0 Å². The van der Waals surface area contributed by atoms with Gasteiger partial charge in [0, 0.05) is 75.3 Å². The minimum absolute atomic E-state index is 0.0103. The zero-order valence-corrected chi connectivity index (χ0v) is 27.7. The molecule has 0 radical (unpaired) electrons. The molecule has 252 valence electrons. The molecule has 1 aliphatic carbocycles. The number of anilines is 3. The SMILES string of the molecule is Cn1cc(-c2ccc(N(C(=O)NCc3ccccc3)[C@H]3CC[C@H](Nc4ncc(C#N)c(N5CCC6(CC5)CNC(=O)C6)n4)CC3)nc2)cn1. The smallest absolute Gasteiger partial charge is 0.323 e. The molecule has 2 saturated heterocycles. The van der Waals surface area contributed by atoms with Crippen LogP contribution in [0.4, 0.5) is 22.4 Å². The standard InChI is InChI=1S/C36H41N11O2/c1-45-23-28(22-42-45)26-7-12-31(38-20-26)47(35(49)40-19-25-5-3-2-4-6-25)30-10-8-29(9-11-30)43-34-39-21-27(18-37)33(44-34)46-15-13-36(14-16-46)17-32(48)41-24-36/h2-7,12,20-23,29-30H,8-11,13-17,19,24H2,1H3,(H,40,49)(H,41,48)(H,39,43,44)/t29-,30-. The van der Waals surface area contributed by atoms with Crippen LogP contribution in [0.3, 0.4) is 0 Å². The van der Waals surface area contributed by atoms with Crippen molar-refractivity contribution in [2.75, 3.05) is 34.8 Å². The van der Waals surface area contributed by atoms with Crippen molar-refractivity contribution in [2.45, 2.75) is 63.6 Å². The average molecular weight is 660 g/mol. The Labute approximate surface area is 285 Å². The van der Waals surface area contributed by atoms with E-state index in [1.807, 2.05) is 55.7 Å². The number of urea groups is 1. The fourth-order valence-electron chi connectivity index (χ4n) is 7.31. The summed E-state index contributed by atoms with van der Waals surface area (Å²) in [7, 11) is 1.88. The number of nitriles is 1. The number of aromatic nitrogens is 5. The van der Waals surface area contributed by atoms with Crippen LogP contribution in [0.2, 0.25) is 0 Å². The van der Waals surface area contributed by atoms with E-state index in [1.165, 1.54) is 0 Å². The fraction of sp³-hybridized carbons (Fsp3) is 0.417. The molecule has 5 heterocycles. The van der Waals surface area contributed by atoms with Gasteiger partial charge in [0.2, 0.25) is 11.9 Å². The first-order valence-corrected chi connectivity index (χ1v) is 17.0. The van der Waals surface area contributed by atoms with Crippen molar-refractivity contribution in [3.63, 3.8) is 0 Å². The Morgan fingerprint density at radius 1 is 1.04 bits per heavy atom. The van der Waals surface area contributed by atoms with Gasteiger partial charge in [-0.1, -0.05) is 30.3 Å². The molecule has 0 bridgehead atoms. The summed E-state index contributed by atoms with van der Waals surface area (Å²) in [5.74, 6) is 1.87. The van der Waals surface area contributed by atoms with Crippen molar-refractivity contribution in [1.82, 2.24) is 35.4 Å². The number of carbonyl (C=O) groups excluding carboxylic acids is 2. The molecule has 3 N–H and O–H groups in total. The van der Waals surface area contributed by atoms with E-state index in [0.29, 0.717) is 36.1 Å². The highest BCUT2D eigenvalue weighted by molar-refractivity contribution is 5.91. The first-order chi connectivity index (χ1) is 23.9. The third-order valence-corrected chi connectivity index (χ3v) is 10.1. The molecule has 1 saturated carbocycles. The second-order valence-electron chi connectivity index (χ2n) is 13.5. The topological polar surface area (TPSA) is 157 Å². The summed E-state index contributed by atoms with van der Waals surface area (Å²) < 4.78 is 1.75. The Morgan fingerprint density at radius 2 is 1.84 bits per heavy atom. The van der Waals surface area contributed by atoms with Gasteiger partial charge in [0.25, 0.3) is 0 Å². The number of hydrogen-bond acceptors (Lipinski definition) is 9. The van der Waals surface area contributed by atoms with Gasteiger partial charge in [-0.2, -0.15) is 15.3 Å². The molecule has 4 aromatic rings. The summed E-state index contributed by atoms with van der Waals surface area (Å²) in [5.41, 5.74) is 3.39. The van der Waals surface area contributed by atoms with Gasteiger partial charge in [-0.25, -0.2) is 14.8 Å². The van der Waals surface area contributed by atoms with E-state index in [-0.39, 0.29) is 29.4 Å². The van der Waals surface area contributed by atoms with Gasteiger partial charge >= 0.3 is 6.03 Å². The molecule has 3 aromatic heterocycles. The molecular formula is C36H41N11O2. The molecule has 1 spiro atoms. The summed E-state index contributed by atoms with van der Waals surface area (Å²) in [4.78, 5) is 43.6. The maximum absolute atomic E-state index is 13.8. The maximum atomic E-state index is 13.8. The summed E-state index contributed by atoms with van der Waals surface area (Å²) in [6, 6.07) is 15.9. The number of nitrogens with one attached hydrogen (secondary N) is 3. The third-order valence-electron chi connectivity index (χ3n) is 10.1. The quantitative estimate of drug-likeness (QED) is 0.250. The van der Waals surface area contributed by atoms with Gasteiger partial charge in [0.15, 0.2) is 5.82 Å². The second kappa shape index (κ2) is 13.9. The lowest BCUT2D eigenvalue weighted by molar-refractivity contribution is -0.119. The second-order valence-corrected chi connectivity index (χ2v) is 13.5. The Balaban J connectivity index is 1.02. The highest BCUT2D eigenvalue weighted by atomic mass is 16.2. The van der Waals surface area contributed by atoms with Crippen molar-refractivity contribution < 1.29 is 9.59 Å². The average Bonchev–Trinajstić information content (AvgIpc) is 3.74. The molecular weight excluding hydrogens is 618 g/mol. The number of rotatable bonds is 8. The number of nitrogens with zero attached hydrogens (tertiary/aromatic N) is 8. The maximum Gasteiger partial charge on any atom is 0.323 e. The van der Waals surface area contributed by atoms with Gasteiger partial charge in [0.1, 0.15) is 17.5 Å². The summed E-state index contributed by atoms with van der Waals surface area (Å²) in [6.07, 6.45) is 12.6. The van der Waals surface area contributed by atoms with Crippen LogP contribution in [0.5, 0.6) is 0 Å². The van der Waals surface area contributed by atoms with Gasteiger partial charge in [-0.3, -0.25) is 14.4 Å². The zero-order valence-electron chi connectivity index (χ0n) is 27.7. The normalized spacial score (nSPS) is 20.0. The van der Waals surface area contributed by atoms with E-state index in [1.54, 1.807) is 28.2 Å². The van der Waals surface area contributed by atoms with E-state index in [4.69, 9.17) is 9.97 Å². The highest BCUT2D eigenvalue weighted by Crippen LogP contribution is 2.39. The number of benzene rings is 1. The molecule has 3 amide bonds. The van der Waals surface area contributed by atoms with Gasteiger partial charge < -0.3 is 20.9 Å². The first-order valence-electron chi connectivity index (χ1n) is 17.0. The molecule has 0 atom stereocenters. The predicted molar refractivity (Wildman–Crippen MR) is 186 cm³/mol. The van der Waals surface area contributed by atoms with E-state index in [9.17, 15) is 14.9 Å². The fourth-order valence-corrected chi connectivity index (χ4v) is 7.31. The number of hydrogen-bond donors (Lipinski definition) is 3. The van der Waals surface area contributed by atoms with Crippen LogP contribution in [0.25, 0.3) is 11.1 Å². The highest BCUT2D eigenvalue weighted by Gasteiger charge is 2.41. The molecule has 0 unspecified atom stereocenters. The van der Waals surface area contributed by atoms with Gasteiger partial charge in [0.05, 0.1) is 12.4 Å².